The number of aliphatic carboxylic acids is 1. The molecule has 0 aliphatic carbocycles. The molecule has 0 spiro atoms. The number of hydrogen-bond donors (Lipinski definition) is 2. The summed E-state index contributed by atoms with van der Waals surface area (Å²) in [6.07, 6.45) is -0.0845. The van der Waals surface area contributed by atoms with Crippen LogP contribution in [0, 0.1) is 0 Å². The topological polar surface area (TPSA) is 80.7 Å². The molecule has 0 saturated carbocycles. The molecule has 1 heterocycles. The highest BCUT2D eigenvalue weighted by molar-refractivity contribution is 7.16. The van der Waals surface area contributed by atoms with E-state index < -0.39 is 5.97 Å². The summed E-state index contributed by atoms with van der Waals surface area (Å²) in [5, 5.41) is 13.0. The molecule has 0 fully saturated rings. The van der Waals surface area contributed by atoms with E-state index in [-0.39, 0.29) is 6.42 Å². The molecule has 3 rings (SSSR count). The zero-order valence-electron chi connectivity index (χ0n) is 14.4. The average molecular weight is 370 g/mol. The Hall–Kier alpha value is -3.06. The fourth-order valence-electron chi connectivity index (χ4n) is 2.51. The van der Waals surface area contributed by atoms with E-state index in [0.717, 1.165) is 5.56 Å². The van der Waals surface area contributed by atoms with Gasteiger partial charge in [0, 0.05) is 16.5 Å². The van der Waals surface area contributed by atoms with E-state index in [1.54, 1.807) is 32.4 Å². The summed E-state index contributed by atoms with van der Waals surface area (Å²) in [6, 6.07) is 14.9. The normalized spacial score (nSPS) is 10.4. The summed E-state index contributed by atoms with van der Waals surface area (Å²) >= 11 is 1.31. The summed E-state index contributed by atoms with van der Waals surface area (Å²) in [4.78, 5) is 16.5. The number of carboxylic acid groups (broad SMARTS) is 1. The molecular formula is C19H18N2O4S. The van der Waals surface area contributed by atoms with E-state index in [1.807, 2.05) is 30.3 Å². The summed E-state index contributed by atoms with van der Waals surface area (Å²) < 4.78 is 10.6. The molecule has 6 nitrogen and oxygen atoms in total. The lowest BCUT2D eigenvalue weighted by Gasteiger charge is -2.10. The molecule has 0 saturated heterocycles. The standard InChI is InChI=1S/C19H18N2O4S/c1-24-13-8-9-15(25-2)14(10-13)20-19-21-18(12-6-4-3-5-7-12)16(26-19)11-17(22)23/h3-10H,11H2,1-2H3,(H,20,21)(H,22,23). The van der Waals surface area contributed by atoms with E-state index in [9.17, 15) is 9.90 Å². The lowest BCUT2D eigenvalue weighted by atomic mass is 10.1. The van der Waals surface area contributed by atoms with Crippen molar-refractivity contribution in [2.24, 2.45) is 0 Å². The number of carboxylic acids is 1. The van der Waals surface area contributed by atoms with E-state index in [1.165, 1.54) is 11.3 Å². The van der Waals surface area contributed by atoms with E-state index in [4.69, 9.17) is 9.47 Å². The molecule has 134 valence electrons. The van der Waals surface area contributed by atoms with Gasteiger partial charge < -0.3 is 19.9 Å². The Balaban J connectivity index is 1.99. The first-order valence-corrected chi connectivity index (χ1v) is 8.68. The van der Waals surface area contributed by atoms with Crippen molar-refractivity contribution in [1.82, 2.24) is 4.98 Å². The molecule has 0 radical (unpaired) electrons. The Morgan fingerprint density at radius 3 is 2.58 bits per heavy atom. The molecular weight excluding hydrogens is 352 g/mol. The van der Waals surface area contributed by atoms with E-state index >= 15 is 0 Å². The van der Waals surface area contributed by atoms with Crippen molar-refractivity contribution >= 4 is 28.1 Å². The Kier molecular flexibility index (Phi) is 5.38. The van der Waals surface area contributed by atoms with E-state index in [0.29, 0.717) is 32.9 Å². The van der Waals surface area contributed by atoms with Gasteiger partial charge >= 0.3 is 5.97 Å². The van der Waals surface area contributed by atoms with Crippen LogP contribution in [0.4, 0.5) is 10.8 Å². The summed E-state index contributed by atoms with van der Waals surface area (Å²) in [5.74, 6) is 0.428. The molecule has 0 amide bonds. The minimum Gasteiger partial charge on any atom is -0.497 e. The highest BCUT2D eigenvalue weighted by Crippen LogP contribution is 2.36. The zero-order valence-corrected chi connectivity index (χ0v) is 15.2. The minimum absolute atomic E-state index is 0.0845. The van der Waals surface area contributed by atoms with Gasteiger partial charge in [-0.05, 0) is 12.1 Å². The molecule has 0 atom stereocenters. The number of nitrogens with one attached hydrogen (secondary N) is 1. The van der Waals surface area contributed by atoms with E-state index in [2.05, 4.69) is 10.3 Å². The lowest BCUT2D eigenvalue weighted by Crippen LogP contribution is -1.99. The van der Waals surface area contributed by atoms with Crippen molar-refractivity contribution in [2.75, 3.05) is 19.5 Å². The van der Waals surface area contributed by atoms with Crippen LogP contribution < -0.4 is 14.8 Å². The number of carbonyl (C=O) groups is 1. The largest absolute Gasteiger partial charge is 0.497 e. The molecule has 2 aromatic carbocycles. The van der Waals surface area contributed by atoms with Crippen LogP contribution in [-0.2, 0) is 11.2 Å². The predicted octanol–water partition coefficient (Wildman–Crippen LogP) is 4.20. The summed E-state index contributed by atoms with van der Waals surface area (Å²) in [6.45, 7) is 0. The lowest BCUT2D eigenvalue weighted by molar-refractivity contribution is -0.136. The number of aromatic nitrogens is 1. The maximum atomic E-state index is 11.2. The number of nitrogens with zero attached hydrogens (tertiary/aromatic N) is 1. The molecule has 3 aromatic rings. The first-order valence-electron chi connectivity index (χ1n) is 7.86. The number of rotatable bonds is 7. The molecule has 26 heavy (non-hydrogen) atoms. The van der Waals surface area contributed by atoms with Crippen LogP contribution in [0.15, 0.2) is 48.5 Å². The maximum absolute atomic E-state index is 11.2. The number of thiazole rings is 1. The van der Waals surface area contributed by atoms with Gasteiger partial charge in [0.2, 0.25) is 0 Å². The van der Waals surface area contributed by atoms with Crippen molar-refractivity contribution in [3.8, 4) is 22.8 Å². The van der Waals surface area contributed by atoms with Gasteiger partial charge in [0.1, 0.15) is 11.5 Å². The van der Waals surface area contributed by atoms with Crippen LogP contribution in [0.5, 0.6) is 11.5 Å². The van der Waals surface area contributed by atoms with Crippen molar-refractivity contribution < 1.29 is 19.4 Å². The number of hydrogen-bond acceptors (Lipinski definition) is 6. The zero-order chi connectivity index (χ0) is 18.5. The monoisotopic (exact) mass is 370 g/mol. The van der Waals surface area contributed by atoms with Gasteiger partial charge in [-0.15, -0.1) is 11.3 Å². The summed E-state index contributed by atoms with van der Waals surface area (Å²) in [5.41, 5.74) is 2.25. The van der Waals surface area contributed by atoms with Gasteiger partial charge in [-0.2, -0.15) is 0 Å². The van der Waals surface area contributed by atoms with Crippen molar-refractivity contribution in [1.29, 1.82) is 0 Å². The van der Waals surface area contributed by atoms with Gasteiger partial charge in [-0.1, -0.05) is 30.3 Å². The van der Waals surface area contributed by atoms with Crippen LogP contribution in [0.25, 0.3) is 11.3 Å². The Morgan fingerprint density at radius 2 is 1.92 bits per heavy atom. The minimum atomic E-state index is -0.892. The SMILES string of the molecule is COc1ccc(OC)c(Nc2nc(-c3ccccc3)c(CC(=O)O)s2)c1. The average Bonchev–Trinajstić information content (AvgIpc) is 3.03. The van der Waals surface area contributed by atoms with Gasteiger partial charge in [0.25, 0.3) is 0 Å². The molecule has 7 heteroatoms. The van der Waals surface area contributed by atoms with Crippen molar-refractivity contribution in [3.63, 3.8) is 0 Å². The number of benzene rings is 2. The quantitative estimate of drug-likeness (QED) is 0.649. The van der Waals surface area contributed by atoms with Crippen LogP contribution >= 0.6 is 11.3 Å². The Morgan fingerprint density at radius 1 is 1.15 bits per heavy atom. The second-order valence-electron chi connectivity index (χ2n) is 5.42. The second-order valence-corrected chi connectivity index (χ2v) is 6.50. The van der Waals surface area contributed by atoms with Crippen LogP contribution in [-0.4, -0.2) is 30.3 Å². The first kappa shape index (κ1) is 17.8. The van der Waals surface area contributed by atoms with Crippen LogP contribution in [0.1, 0.15) is 4.88 Å². The van der Waals surface area contributed by atoms with Crippen LogP contribution in [0.3, 0.4) is 0 Å². The third-order valence-electron chi connectivity index (χ3n) is 3.70. The second kappa shape index (κ2) is 7.88. The maximum Gasteiger partial charge on any atom is 0.308 e. The molecule has 0 unspecified atom stereocenters. The first-order chi connectivity index (χ1) is 12.6. The van der Waals surface area contributed by atoms with Crippen molar-refractivity contribution in [3.05, 3.63) is 53.4 Å². The predicted molar refractivity (Wildman–Crippen MR) is 102 cm³/mol. The number of ether oxygens (including phenoxy) is 2. The molecule has 0 aliphatic rings. The molecule has 0 aliphatic heterocycles. The Bertz CT molecular complexity index is 909. The Labute approximate surface area is 155 Å². The third kappa shape index (κ3) is 3.94. The number of anilines is 2. The fourth-order valence-corrected chi connectivity index (χ4v) is 3.50. The highest BCUT2D eigenvalue weighted by atomic mass is 32.1. The van der Waals surface area contributed by atoms with Gasteiger partial charge in [0.05, 0.1) is 32.0 Å². The highest BCUT2D eigenvalue weighted by Gasteiger charge is 2.17. The van der Waals surface area contributed by atoms with Gasteiger partial charge in [0.15, 0.2) is 5.13 Å². The van der Waals surface area contributed by atoms with Crippen molar-refractivity contribution in [2.45, 2.75) is 6.42 Å². The number of methoxy groups -OCH3 is 2. The molecule has 2 N–H and O–H groups in total. The smallest absolute Gasteiger partial charge is 0.308 e. The van der Waals surface area contributed by atoms with Crippen LogP contribution in [0.2, 0.25) is 0 Å². The molecule has 0 bridgehead atoms. The van der Waals surface area contributed by atoms with Gasteiger partial charge in [-0.25, -0.2) is 4.98 Å². The fraction of sp³-hybridized carbons (Fsp3) is 0.158. The van der Waals surface area contributed by atoms with Gasteiger partial charge in [-0.3, -0.25) is 4.79 Å². The summed E-state index contributed by atoms with van der Waals surface area (Å²) in [7, 11) is 3.17. The molecule has 1 aromatic heterocycles. The third-order valence-corrected chi connectivity index (χ3v) is 4.68.